The van der Waals surface area contributed by atoms with E-state index in [1.807, 2.05) is 12.1 Å². The van der Waals surface area contributed by atoms with Crippen LogP contribution in [0.2, 0.25) is 0 Å². The van der Waals surface area contributed by atoms with Crippen LogP contribution in [0.4, 0.5) is 5.95 Å². The van der Waals surface area contributed by atoms with Gasteiger partial charge in [0.25, 0.3) is 5.56 Å². The summed E-state index contributed by atoms with van der Waals surface area (Å²) in [5.74, 6) is 2.38. The van der Waals surface area contributed by atoms with Crippen LogP contribution in [0.15, 0.2) is 27.8 Å². The van der Waals surface area contributed by atoms with Gasteiger partial charge in [0.2, 0.25) is 5.95 Å². The molecular formula is C19H23N5O4. The first kappa shape index (κ1) is 18.1. The molecule has 2 aromatic heterocycles. The lowest BCUT2D eigenvalue weighted by atomic mass is 9.97. The number of nitrogens with one attached hydrogen (secondary N) is 1. The van der Waals surface area contributed by atoms with E-state index in [4.69, 9.17) is 9.47 Å². The minimum Gasteiger partial charge on any atom is -0.493 e. The van der Waals surface area contributed by atoms with Crippen molar-refractivity contribution < 1.29 is 9.47 Å². The van der Waals surface area contributed by atoms with Crippen molar-refractivity contribution in [2.24, 2.45) is 14.1 Å². The molecule has 9 nitrogen and oxygen atoms in total. The number of imidazole rings is 1. The maximum Gasteiger partial charge on any atom is 0.329 e. The highest BCUT2D eigenvalue weighted by molar-refractivity contribution is 5.74. The standard InChI is InChI=1S/C19H23N5O4/c1-22-14-16(23(2)19(26)21-17(14)25)20-18(22)24-9-8-11(10-24)12-6-5-7-13(27-3)15(12)28-4/h5-7,11H,8-10H2,1-4H3,(H,21,25,26). The van der Waals surface area contributed by atoms with Crippen LogP contribution in [0, 0.1) is 0 Å². The van der Waals surface area contributed by atoms with E-state index in [-0.39, 0.29) is 5.92 Å². The summed E-state index contributed by atoms with van der Waals surface area (Å²) in [6, 6.07) is 5.90. The fourth-order valence-corrected chi connectivity index (χ4v) is 4.01. The molecule has 3 aromatic rings. The fourth-order valence-electron chi connectivity index (χ4n) is 4.01. The molecule has 1 N–H and O–H groups in total. The maximum absolute atomic E-state index is 12.3. The number of hydrogen-bond acceptors (Lipinski definition) is 6. The lowest BCUT2D eigenvalue weighted by Gasteiger charge is -2.19. The Kier molecular flexibility index (Phi) is 4.37. The van der Waals surface area contributed by atoms with Crippen molar-refractivity contribution in [1.29, 1.82) is 0 Å². The molecule has 148 valence electrons. The second-order valence-electron chi connectivity index (χ2n) is 6.98. The number of aryl methyl sites for hydroxylation is 2. The zero-order valence-electron chi connectivity index (χ0n) is 16.4. The van der Waals surface area contributed by atoms with Crippen LogP contribution in [0.1, 0.15) is 17.9 Å². The Labute approximate surface area is 161 Å². The van der Waals surface area contributed by atoms with Gasteiger partial charge in [0.15, 0.2) is 22.7 Å². The van der Waals surface area contributed by atoms with E-state index in [0.29, 0.717) is 22.9 Å². The predicted molar refractivity (Wildman–Crippen MR) is 106 cm³/mol. The summed E-state index contributed by atoms with van der Waals surface area (Å²) in [5, 5.41) is 0. The number of benzene rings is 1. The highest BCUT2D eigenvalue weighted by Crippen LogP contribution is 2.40. The van der Waals surface area contributed by atoms with E-state index in [0.717, 1.165) is 30.8 Å². The first-order valence-corrected chi connectivity index (χ1v) is 9.07. The molecule has 4 rings (SSSR count). The monoisotopic (exact) mass is 385 g/mol. The minimum atomic E-state index is -0.470. The number of fused-ring (bicyclic) bond motifs is 1. The quantitative estimate of drug-likeness (QED) is 0.719. The number of ether oxygens (including phenoxy) is 2. The van der Waals surface area contributed by atoms with Crippen molar-refractivity contribution in [3.63, 3.8) is 0 Å². The zero-order chi connectivity index (χ0) is 20.0. The van der Waals surface area contributed by atoms with Crippen molar-refractivity contribution in [3.05, 3.63) is 44.6 Å². The number of rotatable bonds is 4. The molecule has 0 bridgehead atoms. The average Bonchev–Trinajstić information content (AvgIpc) is 3.30. The summed E-state index contributed by atoms with van der Waals surface area (Å²) < 4.78 is 14.1. The van der Waals surface area contributed by atoms with Gasteiger partial charge in [0, 0.05) is 38.7 Å². The second-order valence-corrected chi connectivity index (χ2v) is 6.98. The second kappa shape index (κ2) is 6.74. The summed E-state index contributed by atoms with van der Waals surface area (Å²) >= 11 is 0. The number of nitrogens with zero attached hydrogens (tertiary/aromatic N) is 4. The van der Waals surface area contributed by atoms with Gasteiger partial charge in [-0.1, -0.05) is 12.1 Å². The Balaban J connectivity index is 1.72. The van der Waals surface area contributed by atoms with Gasteiger partial charge >= 0.3 is 5.69 Å². The molecule has 9 heteroatoms. The smallest absolute Gasteiger partial charge is 0.329 e. The minimum absolute atomic E-state index is 0.243. The van der Waals surface area contributed by atoms with Gasteiger partial charge in [0.05, 0.1) is 14.2 Å². The van der Waals surface area contributed by atoms with E-state index in [2.05, 4.69) is 20.9 Å². The summed E-state index contributed by atoms with van der Waals surface area (Å²) in [5.41, 5.74) is 0.966. The van der Waals surface area contributed by atoms with Crippen molar-refractivity contribution in [1.82, 2.24) is 19.1 Å². The van der Waals surface area contributed by atoms with Crippen LogP contribution in [0.3, 0.4) is 0 Å². The lowest BCUT2D eigenvalue weighted by molar-refractivity contribution is 0.350. The summed E-state index contributed by atoms with van der Waals surface area (Å²) in [6.45, 7) is 1.51. The SMILES string of the molecule is COc1cccc(C2CCN(c3nc4c(c(=O)[nH]c(=O)n4C)n3C)C2)c1OC. The van der Waals surface area contributed by atoms with Gasteiger partial charge < -0.3 is 18.9 Å². The number of para-hydroxylation sites is 1. The summed E-state index contributed by atoms with van der Waals surface area (Å²) in [7, 11) is 6.67. The number of anilines is 1. The highest BCUT2D eigenvalue weighted by Gasteiger charge is 2.30. The molecule has 1 aromatic carbocycles. The van der Waals surface area contributed by atoms with E-state index >= 15 is 0 Å². The van der Waals surface area contributed by atoms with Crippen LogP contribution in [-0.2, 0) is 14.1 Å². The topological polar surface area (TPSA) is 94.4 Å². The molecule has 1 saturated heterocycles. The normalized spacial score (nSPS) is 16.7. The summed E-state index contributed by atoms with van der Waals surface area (Å²) in [4.78, 5) is 33.2. The van der Waals surface area contributed by atoms with Crippen LogP contribution in [-0.4, -0.2) is 46.4 Å². The Bertz CT molecular complexity index is 1160. The largest absolute Gasteiger partial charge is 0.493 e. The number of H-pyrrole nitrogens is 1. The third-order valence-electron chi connectivity index (χ3n) is 5.46. The first-order valence-electron chi connectivity index (χ1n) is 9.07. The Morgan fingerprint density at radius 3 is 2.64 bits per heavy atom. The highest BCUT2D eigenvalue weighted by atomic mass is 16.5. The predicted octanol–water partition coefficient (Wildman–Crippen LogP) is 0.971. The van der Waals surface area contributed by atoms with Gasteiger partial charge in [-0.3, -0.25) is 14.3 Å². The molecule has 0 aliphatic carbocycles. The third-order valence-corrected chi connectivity index (χ3v) is 5.46. The lowest BCUT2D eigenvalue weighted by Crippen LogP contribution is -2.29. The van der Waals surface area contributed by atoms with Gasteiger partial charge in [-0.25, -0.2) is 4.79 Å². The first-order chi connectivity index (χ1) is 13.5. The number of aromatic amines is 1. The molecule has 0 saturated carbocycles. The zero-order valence-corrected chi connectivity index (χ0v) is 16.4. The number of hydrogen-bond donors (Lipinski definition) is 1. The molecule has 1 atom stereocenters. The van der Waals surface area contributed by atoms with Gasteiger partial charge in [-0.05, 0) is 12.5 Å². The van der Waals surface area contributed by atoms with Crippen LogP contribution in [0.5, 0.6) is 11.5 Å². The van der Waals surface area contributed by atoms with E-state index in [9.17, 15) is 9.59 Å². The molecule has 3 heterocycles. The molecule has 0 spiro atoms. The number of aromatic nitrogens is 4. The number of methoxy groups -OCH3 is 2. The fraction of sp³-hybridized carbons (Fsp3) is 0.421. The molecule has 1 unspecified atom stereocenters. The van der Waals surface area contributed by atoms with Crippen LogP contribution < -0.4 is 25.6 Å². The third kappa shape index (κ3) is 2.65. The Morgan fingerprint density at radius 1 is 1.14 bits per heavy atom. The maximum atomic E-state index is 12.3. The van der Waals surface area contributed by atoms with Gasteiger partial charge in [-0.15, -0.1) is 0 Å². The molecule has 28 heavy (non-hydrogen) atoms. The van der Waals surface area contributed by atoms with Crippen molar-refractivity contribution in [2.45, 2.75) is 12.3 Å². The molecule has 1 aliphatic rings. The van der Waals surface area contributed by atoms with Crippen molar-refractivity contribution in [2.75, 3.05) is 32.2 Å². The average molecular weight is 385 g/mol. The van der Waals surface area contributed by atoms with Crippen molar-refractivity contribution in [3.8, 4) is 11.5 Å². The molecule has 0 amide bonds. The molecular weight excluding hydrogens is 362 g/mol. The van der Waals surface area contributed by atoms with Crippen LogP contribution >= 0.6 is 0 Å². The van der Waals surface area contributed by atoms with Crippen molar-refractivity contribution >= 4 is 17.1 Å². The van der Waals surface area contributed by atoms with E-state index in [1.54, 1.807) is 32.9 Å². The van der Waals surface area contributed by atoms with Gasteiger partial charge in [-0.2, -0.15) is 4.98 Å². The van der Waals surface area contributed by atoms with E-state index < -0.39 is 11.2 Å². The van der Waals surface area contributed by atoms with E-state index in [1.165, 1.54) is 4.57 Å². The molecule has 0 radical (unpaired) electrons. The Morgan fingerprint density at radius 2 is 1.93 bits per heavy atom. The Hall–Kier alpha value is -3.23. The van der Waals surface area contributed by atoms with Gasteiger partial charge in [0.1, 0.15) is 0 Å². The summed E-state index contributed by atoms with van der Waals surface area (Å²) in [6.07, 6.45) is 0.919. The van der Waals surface area contributed by atoms with Crippen LogP contribution in [0.25, 0.3) is 11.2 Å². The molecule has 1 aliphatic heterocycles. The molecule has 1 fully saturated rings.